The fourth-order valence-electron chi connectivity index (χ4n) is 2.74. The van der Waals surface area contributed by atoms with Crippen molar-refractivity contribution < 1.29 is 4.79 Å². The number of aromatic nitrogens is 2. The third-order valence-electron chi connectivity index (χ3n) is 4.18. The zero-order valence-corrected chi connectivity index (χ0v) is 14.0. The van der Waals surface area contributed by atoms with Crippen LogP contribution in [0.1, 0.15) is 28.5 Å². The van der Waals surface area contributed by atoms with E-state index in [0.717, 1.165) is 23.2 Å². The van der Waals surface area contributed by atoms with Crippen molar-refractivity contribution in [3.63, 3.8) is 0 Å². The van der Waals surface area contributed by atoms with Crippen LogP contribution in [0.25, 0.3) is 11.1 Å². The average Bonchev–Trinajstić information content (AvgIpc) is 3.06. The number of aryl methyl sites for hydroxylation is 2. The van der Waals surface area contributed by atoms with Gasteiger partial charge in [-0.15, -0.1) is 0 Å². The zero-order chi connectivity index (χ0) is 16.9. The summed E-state index contributed by atoms with van der Waals surface area (Å²) in [6, 6.07) is 13.9. The van der Waals surface area contributed by atoms with E-state index in [2.05, 4.69) is 23.3 Å². The molecule has 24 heavy (non-hydrogen) atoms. The number of carbonyl (C=O) groups excluding carboxylic acids is 1. The topological polar surface area (TPSA) is 46.9 Å². The van der Waals surface area contributed by atoms with E-state index in [0.29, 0.717) is 12.2 Å². The standard InChI is InChI=1S/C20H21N3O/c1-3-23-14-18(16-8-10-21-11-9-16)12-19(23)20(24)22-13-17-7-5-4-6-15(17)2/h4-12,14H,3,13H2,1-2H3,(H,22,24). The molecule has 0 aliphatic rings. The van der Waals surface area contributed by atoms with E-state index >= 15 is 0 Å². The van der Waals surface area contributed by atoms with Gasteiger partial charge in [0.2, 0.25) is 0 Å². The summed E-state index contributed by atoms with van der Waals surface area (Å²) in [7, 11) is 0. The molecule has 0 spiro atoms. The monoisotopic (exact) mass is 319 g/mol. The molecule has 1 aromatic carbocycles. The van der Waals surface area contributed by atoms with Crippen LogP contribution in [0.2, 0.25) is 0 Å². The van der Waals surface area contributed by atoms with Crippen LogP contribution in [-0.2, 0) is 13.1 Å². The lowest BCUT2D eigenvalue weighted by atomic mass is 10.1. The predicted octanol–water partition coefficient (Wildman–Crippen LogP) is 3.81. The van der Waals surface area contributed by atoms with Crippen molar-refractivity contribution in [2.45, 2.75) is 26.9 Å². The summed E-state index contributed by atoms with van der Waals surface area (Å²) in [6.45, 7) is 5.37. The molecule has 0 saturated heterocycles. The van der Waals surface area contributed by atoms with Gasteiger partial charge in [-0.1, -0.05) is 24.3 Å². The number of amides is 1. The Morgan fingerprint density at radius 3 is 2.58 bits per heavy atom. The lowest BCUT2D eigenvalue weighted by Gasteiger charge is -2.09. The molecule has 0 radical (unpaired) electrons. The second kappa shape index (κ2) is 7.13. The quantitative estimate of drug-likeness (QED) is 0.777. The Labute approximate surface area is 142 Å². The van der Waals surface area contributed by atoms with Crippen LogP contribution < -0.4 is 5.32 Å². The van der Waals surface area contributed by atoms with Crippen molar-refractivity contribution in [2.24, 2.45) is 0 Å². The smallest absolute Gasteiger partial charge is 0.268 e. The van der Waals surface area contributed by atoms with Gasteiger partial charge >= 0.3 is 0 Å². The van der Waals surface area contributed by atoms with Crippen LogP contribution in [0.3, 0.4) is 0 Å². The maximum atomic E-state index is 12.6. The van der Waals surface area contributed by atoms with Crippen molar-refractivity contribution in [1.82, 2.24) is 14.9 Å². The lowest BCUT2D eigenvalue weighted by Crippen LogP contribution is -2.25. The van der Waals surface area contributed by atoms with Gasteiger partial charge in [0, 0.05) is 37.2 Å². The van der Waals surface area contributed by atoms with Gasteiger partial charge in [-0.3, -0.25) is 9.78 Å². The molecule has 0 aliphatic carbocycles. The minimum absolute atomic E-state index is 0.0552. The zero-order valence-electron chi connectivity index (χ0n) is 14.0. The van der Waals surface area contributed by atoms with E-state index in [1.165, 1.54) is 5.56 Å². The highest BCUT2D eigenvalue weighted by molar-refractivity contribution is 5.94. The van der Waals surface area contributed by atoms with Gasteiger partial charge in [0.05, 0.1) is 0 Å². The number of nitrogens with zero attached hydrogens (tertiary/aromatic N) is 2. The van der Waals surface area contributed by atoms with Crippen LogP contribution in [0.4, 0.5) is 0 Å². The molecule has 0 unspecified atom stereocenters. The van der Waals surface area contributed by atoms with Gasteiger partial charge in [0.25, 0.3) is 5.91 Å². The SMILES string of the molecule is CCn1cc(-c2ccncc2)cc1C(=O)NCc1ccccc1C. The number of hydrogen-bond donors (Lipinski definition) is 1. The summed E-state index contributed by atoms with van der Waals surface area (Å²) in [5.74, 6) is -0.0552. The largest absolute Gasteiger partial charge is 0.347 e. The molecule has 3 rings (SSSR count). The molecule has 122 valence electrons. The van der Waals surface area contributed by atoms with Crippen LogP contribution in [0.15, 0.2) is 61.1 Å². The van der Waals surface area contributed by atoms with E-state index < -0.39 is 0 Å². The molecular formula is C20H21N3O. The Morgan fingerprint density at radius 1 is 1.12 bits per heavy atom. The number of benzene rings is 1. The van der Waals surface area contributed by atoms with Crippen molar-refractivity contribution in [1.29, 1.82) is 0 Å². The second-order valence-electron chi connectivity index (χ2n) is 5.75. The molecule has 0 aliphatic heterocycles. The minimum Gasteiger partial charge on any atom is -0.347 e. The minimum atomic E-state index is -0.0552. The molecule has 0 bridgehead atoms. The average molecular weight is 319 g/mol. The van der Waals surface area contributed by atoms with Crippen LogP contribution in [0.5, 0.6) is 0 Å². The van der Waals surface area contributed by atoms with Crippen molar-refractivity contribution >= 4 is 5.91 Å². The molecule has 2 aromatic heterocycles. The van der Waals surface area contributed by atoms with Gasteiger partial charge in [-0.25, -0.2) is 0 Å². The number of rotatable bonds is 5. The number of nitrogens with one attached hydrogen (secondary N) is 1. The highest BCUT2D eigenvalue weighted by atomic mass is 16.1. The molecule has 4 nitrogen and oxygen atoms in total. The molecule has 4 heteroatoms. The maximum absolute atomic E-state index is 12.6. The summed E-state index contributed by atoms with van der Waals surface area (Å²) in [5, 5.41) is 3.02. The highest BCUT2D eigenvalue weighted by Gasteiger charge is 2.14. The first-order valence-electron chi connectivity index (χ1n) is 8.12. The van der Waals surface area contributed by atoms with Crippen LogP contribution in [-0.4, -0.2) is 15.5 Å². The van der Waals surface area contributed by atoms with Gasteiger partial charge < -0.3 is 9.88 Å². The molecule has 3 aromatic rings. The number of pyridine rings is 1. The molecular weight excluding hydrogens is 298 g/mol. The first-order valence-corrected chi connectivity index (χ1v) is 8.12. The Kier molecular flexibility index (Phi) is 4.75. The summed E-state index contributed by atoms with van der Waals surface area (Å²) in [5.41, 5.74) is 5.08. The molecule has 1 amide bonds. The second-order valence-corrected chi connectivity index (χ2v) is 5.75. The first kappa shape index (κ1) is 16.0. The normalized spacial score (nSPS) is 10.6. The summed E-state index contributed by atoms with van der Waals surface area (Å²) < 4.78 is 1.98. The first-order chi connectivity index (χ1) is 11.7. The van der Waals surface area contributed by atoms with E-state index in [1.54, 1.807) is 12.4 Å². The van der Waals surface area contributed by atoms with Crippen molar-refractivity contribution in [3.05, 3.63) is 77.9 Å². The predicted molar refractivity (Wildman–Crippen MR) is 95.7 cm³/mol. The van der Waals surface area contributed by atoms with E-state index in [-0.39, 0.29) is 5.91 Å². The van der Waals surface area contributed by atoms with E-state index in [4.69, 9.17) is 0 Å². The van der Waals surface area contributed by atoms with Crippen LogP contribution in [0, 0.1) is 6.92 Å². The molecule has 0 saturated carbocycles. The molecule has 2 heterocycles. The Hall–Kier alpha value is -2.88. The molecule has 1 N–H and O–H groups in total. The molecule has 0 atom stereocenters. The summed E-state index contributed by atoms with van der Waals surface area (Å²) in [6.07, 6.45) is 5.53. The van der Waals surface area contributed by atoms with E-state index in [9.17, 15) is 4.79 Å². The number of carbonyl (C=O) groups is 1. The van der Waals surface area contributed by atoms with Gasteiger partial charge in [-0.05, 0) is 48.7 Å². The third kappa shape index (κ3) is 3.38. The van der Waals surface area contributed by atoms with Gasteiger partial charge in [-0.2, -0.15) is 0 Å². The van der Waals surface area contributed by atoms with Gasteiger partial charge in [0.1, 0.15) is 5.69 Å². The number of hydrogen-bond acceptors (Lipinski definition) is 2. The highest BCUT2D eigenvalue weighted by Crippen LogP contribution is 2.21. The Balaban J connectivity index is 1.79. The molecule has 0 fully saturated rings. The van der Waals surface area contributed by atoms with E-state index in [1.807, 2.05) is 54.1 Å². The van der Waals surface area contributed by atoms with Crippen molar-refractivity contribution in [2.75, 3.05) is 0 Å². The van der Waals surface area contributed by atoms with Crippen molar-refractivity contribution in [3.8, 4) is 11.1 Å². The third-order valence-corrected chi connectivity index (χ3v) is 4.18. The lowest BCUT2D eigenvalue weighted by molar-refractivity contribution is 0.0941. The summed E-state index contributed by atoms with van der Waals surface area (Å²) in [4.78, 5) is 16.6. The fourth-order valence-corrected chi connectivity index (χ4v) is 2.74. The Morgan fingerprint density at radius 2 is 1.88 bits per heavy atom. The summed E-state index contributed by atoms with van der Waals surface area (Å²) >= 11 is 0. The fraction of sp³-hybridized carbons (Fsp3) is 0.200. The van der Waals surface area contributed by atoms with Crippen LogP contribution >= 0.6 is 0 Å². The van der Waals surface area contributed by atoms with Gasteiger partial charge in [0.15, 0.2) is 0 Å². The maximum Gasteiger partial charge on any atom is 0.268 e. The Bertz CT molecular complexity index is 837.